The minimum atomic E-state index is -3.38. The first-order chi connectivity index (χ1) is 7.91. The number of sulfone groups is 1. The molecule has 2 N–H and O–H groups in total. The maximum atomic E-state index is 11.7. The molecule has 17 heavy (non-hydrogen) atoms. The first-order valence-corrected chi connectivity index (χ1v) is 7.90. The molecule has 0 spiro atoms. The van der Waals surface area contributed by atoms with E-state index in [1.165, 1.54) is 0 Å². The molecular weight excluding hydrogens is 260 g/mol. The van der Waals surface area contributed by atoms with Crippen LogP contribution in [0.15, 0.2) is 0 Å². The second-order valence-electron chi connectivity index (χ2n) is 4.25. The molecule has 1 amide bonds. The van der Waals surface area contributed by atoms with Crippen molar-refractivity contribution >= 4 is 33.0 Å². The molecule has 5 nitrogen and oxygen atoms in total. The standard InChI is InChI=1S/C10H18N2O3S2/c11-9(16)4-7-17(14,15)8-10(13)12-5-2-1-3-6-12/h1-8H2,(H2,11,16). The topological polar surface area (TPSA) is 80.5 Å². The van der Waals surface area contributed by atoms with Crippen LogP contribution in [0.2, 0.25) is 0 Å². The molecule has 0 aliphatic carbocycles. The first-order valence-electron chi connectivity index (χ1n) is 5.67. The summed E-state index contributed by atoms with van der Waals surface area (Å²) in [6.45, 7) is 1.34. The van der Waals surface area contributed by atoms with Crippen molar-refractivity contribution < 1.29 is 13.2 Å². The molecule has 0 aromatic carbocycles. The highest BCUT2D eigenvalue weighted by Crippen LogP contribution is 2.09. The van der Waals surface area contributed by atoms with Gasteiger partial charge in [-0.1, -0.05) is 12.2 Å². The summed E-state index contributed by atoms with van der Waals surface area (Å²) < 4.78 is 23.3. The molecule has 1 saturated heterocycles. The van der Waals surface area contributed by atoms with E-state index in [0.717, 1.165) is 19.3 Å². The summed E-state index contributed by atoms with van der Waals surface area (Å²) in [5.74, 6) is -0.856. The molecule has 1 rings (SSSR count). The van der Waals surface area contributed by atoms with Gasteiger partial charge in [0.05, 0.1) is 10.7 Å². The van der Waals surface area contributed by atoms with Crippen LogP contribution < -0.4 is 5.73 Å². The predicted octanol–water partition coefficient (Wildman–Crippen LogP) is 0.0899. The third kappa shape index (κ3) is 5.45. The largest absolute Gasteiger partial charge is 0.393 e. The fourth-order valence-corrected chi connectivity index (χ4v) is 3.22. The third-order valence-electron chi connectivity index (χ3n) is 2.71. The van der Waals surface area contributed by atoms with Gasteiger partial charge < -0.3 is 10.6 Å². The van der Waals surface area contributed by atoms with E-state index in [-0.39, 0.29) is 23.1 Å². The number of rotatable bonds is 5. The number of piperidine rings is 1. The van der Waals surface area contributed by atoms with E-state index in [1.807, 2.05) is 0 Å². The SMILES string of the molecule is NC(=S)CCS(=O)(=O)CC(=O)N1CCCCC1. The highest BCUT2D eigenvalue weighted by Gasteiger charge is 2.22. The monoisotopic (exact) mass is 278 g/mol. The van der Waals surface area contributed by atoms with Crippen molar-refractivity contribution in [2.45, 2.75) is 25.7 Å². The molecule has 1 fully saturated rings. The van der Waals surface area contributed by atoms with Gasteiger partial charge in [-0.3, -0.25) is 4.79 Å². The second kappa shape index (κ2) is 6.30. The number of hydrogen-bond acceptors (Lipinski definition) is 4. The Bertz CT molecular complexity index is 386. The summed E-state index contributed by atoms with van der Waals surface area (Å²) in [5.41, 5.74) is 5.24. The molecule has 98 valence electrons. The third-order valence-corrected chi connectivity index (χ3v) is 4.43. The van der Waals surface area contributed by atoms with Crippen LogP contribution in [0.25, 0.3) is 0 Å². The highest BCUT2D eigenvalue weighted by atomic mass is 32.2. The first kappa shape index (κ1) is 14.4. The lowest BCUT2D eigenvalue weighted by molar-refractivity contribution is -0.129. The van der Waals surface area contributed by atoms with E-state index >= 15 is 0 Å². The fourth-order valence-electron chi connectivity index (χ4n) is 1.75. The Kier molecular flexibility index (Phi) is 5.32. The Morgan fingerprint density at radius 3 is 2.35 bits per heavy atom. The van der Waals surface area contributed by atoms with E-state index < -0.39 is 15.6 Å². The van der Waals surface area contributed by atoms with Crippen molar-refractivity contribution in [1.82, 2.24) is 4.90 Å². The highest BCUT2D eigenvalue weighted by molar-refractivity contribution is 7.92. The van der Waals surface area contributed by atoms with Gasteiger partial charge >= 0.3 is 0 Å². The Morgan fingerprint density at radius 1 is 1.24 bits per heavy atom. The van der Waals surface area contributed by atoms with Gasteiger partial charge in [-0.05, 0) is 19.3 Å². The molecule has 1 heterocycles. The van der Waals surface area contributed by atoms with Gasteiger partial charge in [-0.25, -0.2) is 8.42 Å². The van der Waals surface area contributed by atoms with Crippen LogP contribution in [0.5, 0.6) is 0 Å². The van der Waals surface area contributed by atoms with Crippen molar-refractivity contribution in [3.8, 4) is 0 Å². The van der Waals surface area contributed by atoms with Crippen LogP contribution >= 0.6 is 12.2 Å². The van der Waals surface area contributed by atoms with Crippen molar-refractivity contribution in [1.29, 1.82) is 0 Å². The van der Waals surface area contributed by atoms with Crippen molar-refractivity contribution in [2.75, 3.05) is 24.6 Å². The van der Waals surface area contributed by atoms with E-state index in [9.17, 15) is 13.2 Å². The molecule has 0 radical (unpaired) electrons. The Morgan fingerprint density at radius 2 is 1.82 bits per heavy atom. The normalized spacial score (nSPS) is 16.8. The number of carbonyl (C=O) groups excluding carboxylic acids is 1. The lowest BCUT2D eigenvalue weighted by Gasteiger charge is -2.26. The number of carbonyl (C=O) groups is 1. The van der Waals surface area contributed by atoms with E-state index in [0.29, 0.717) is 13.1 Å². The zero-order valence-corrected chi connectivity index (χ0v) is 11.4. The van der Waals surface area contributed by atoms with Gasteiger partial charge in [0, 0.05) is 19.5 Å². The van der Waals surface area contributed by atoms with Gasteiger partial charge in [-0.2, -0.15) is 0 Å². The number of nitrogens with zero attached hydrogens (tertiary/aromatic N) is 1. The average molecular weight is 278 g/mol. The number of thiocarbonyl (C=S) groups is 1. The molecular formula is C10H18N2O3S2. The molecule has 0 bridgehead atoms. The minimum Gasteiger partial charge on any atom is -0.393 e. The predicted molar refractivity (Wildman–Crippen MR) is 70.5 cm³/mol. The zero-order valence-electron chi connectivity index (χ0n) is 9.72. The Labute approximate surface area is 107 Å². The quantitative estimate of drug-likeness (QED) is 0.721. The van der Waals surface area contributed by atoms with Crippen molar-refractivity contribution in [3.05, 3.63) is 0 Å². The Balaban J connectivity index is 2.45. The summed E-state index contributed by atoms with van der Waals surface area (Å²) in [6, 6.07) is 0. The lowest BCUT2D eigenvalue weighted by Crippen LogP contribution is -2.39. The summed E-state index contributed by atoms with van der Waals surface area (Å²) in [7, 11) is -3.38. The lowest BCUT2D eigenvalue weighted by atomic mass is 10.1. The molecule has 0 aromatic heterocycles. The van der Waals surface area contributed by atoms with Gasteiger partial charge in [0.25, 0.3) is 0 Å². The second-order valence-corrected chi connectivity index (χ2v) is 6.96. The van der Waals surface area contributed by atoms with Gasteiger partial charge in [-0.15, -0.1) is 0 Å². The number of nitrogens with two attached hydrogens (primary N) is 1. The van der Waals surface area contributed by atoms with Crippen LogP contribution in [-0.4, -0.2) is 48.8 Å². The Hall–Kier alpha value is -0.690. The van der Waals surface area contributed by atoms with E-state index in [2.05, 4.69) is 12.2 Å². The zero-order chi connectivity index (χ0) is 12.9. The molecule has 1 aliphatic heterocycles. The summed E-state index contributed by atoms with van der Waals surface area (Å²) in [5, 5.41) is 0. The summed E-state index contributed by atoms with van der Waals surface area (Å²) >= 11 is 4.62. The molecule has 0 atom stereocenters. The summed E-state index contributed by atoms with van der Waals surface area (Å²) in [4.78, 5) is 13.5. The minimum absolute atomic E-state index is 0.137. The molecule has 0 saturated carbocycles. The van der Waals surface area contributed by atoms with E-state index in [4.69, 9.17) is 5.73 Å². The van der Waals surface area contributed by atoms with Crippen LogP contribution in [0.4, 0.5) is 0 Å². The molecule has 0 unspecified atom stereocenters. The van der Waals surface area contributed by atoms with Crippen LogP contribution in [0, 0.1) is 0 Å². The van der Waals surface area contributed by atoms with Gasteiger partial charge in [0.15, 0.2) is 9.84 Å². The molecule has 1 aliphatic rings. The van der Waals surface area contributed by atoms with E-state index in [1.54, 1.807) is 4.90 Å². The average Bonchev–Trinajstić information content (AvgIpc) is 2.27. The van der Waals surface area contributed by atoms with Crippen molar-refractivity contribution in [2.24, 2.45) is 5.73 Å². The van der Waals surface area contributed by atoms with Crippen LogP contribution in [0.3, 0.4) is 0 Å². The number of hydrogen-bond donors (Lipinski definition) is 1. The maximum absolute atomic E-state index is 11.7. The number of likely N-dealkylation sites (tertiary alicyclic amines) is 1. The smallest absolute Gasteiger partial charge is 0.237 e. The maximum Gasteiger partial charge on any atom is 0.237 e. The molecule has 7 heteroatoms. The number of amides is 1. The summed E-state index contributed by atoms with van der Waals surface area (Å²) in [6.07, 6.45) is 3.17. The van der Waals surface area contributed by atoms with Crippen LogP contribution in [0.1, 0.15) is 25.7 Å². The van der Waals surface area contributed by atoms with Crippen molar-refractivity contribution in [3.63, 3.8) is 0 Å². The van der Waals surface area contributed by atoms with Gasteiger partial charge in [0.2, 0.25) is 5.91 Å². The van der Waals surface area contributed by atoms with Crippen LogP contribution in [-0.2, 0) is 14.6 Å². The fraction of sp³-hybridized carbons (Fsp3) is 0.800. The molecule has 0 aromatic rings. The van der Waals surface area contributed by atoms with Gasteiger partial charge in [0.1, 0.15) is 5.75 Å².